The molecule has 0 saturated carbocycles. The molecule has 0 saturated heterocycles. The summed E-state index contributed by atoms with van der Waals surface area (Å²) >= 11 is 1.54. The number of aromatic hydroxyl groups is 1. The lowest BCUT2D eigenvalue weighted by Crippen LogP contribution is -1.87. The van der Waals surface area contributed by atoms with Gasteiger partial charge in [-0.25, -0.2) is 4.98 Å². The zero-order valence-electron chi connectivity index (χ0n) is 8.21. The van der Waals surface area contributed by atoms with Crippen molar-refractivity contribution in [1.82, 2.24) is 9.97 Å². The van der Waals surface area contributed by atoms with Crippen molar-refractivity contribution in [2.24, 2.45) is 0 Å². The van der Waals surface area contributed by atoms with E-state index in [9.17, 15) is 0 Å². The molecule has 0 amide bonds. The molecular weight excluding hydrogens is 208 g/mol. The van der Waals surface area contributed by atoms with Gasteiger partial charge in [0.25, 0.3) is 0 Å². The van der Waals surface area contributed by atoms with Crippen molar-refractivity contribution in [3.63, 3.8) is 0 Å². The van der Waals surface area contributed by atoms with Crippen molar-refractivity contribution in [3.05, 3.63) is 42.4 Å². The van der Waals surface area contributed by atoms with Crippen LogP contribution in [0.4, 0.5) is 0 Å². The predicted octanol–water partition coefficient (Wildman–Crippen LogP) is 2.64. The molecule has 0 bridgehead atoms. The molecule has 0 spiro atoms. The molecule has 0 aliphatic rings. The van der Waals surface area contributed by atoms with E-state index in [1.54, 1.807) is 24.5 Å². The SMILES string of the molecule is Cc1nccnc1Sc1ccc(O)cc1. The standard InChI is InChI=1S/C11H10N2OS/c1-8-11(13-7-6-12-8)15-10-4-2-9(14)3-5-10/h2-7,14H,1H3. The van der Waals surface area contributed by atoms with E-state index in [-0.39, 0.29) is 5.75 Å². The van der Waals surface area contributed by atoms with Gasteiger partial charge in [0.15, 0.2) is 0 Å². The number of phenols is 1. The van der Waals surface area contributed by atoms with Crippen molar-refractivity contribution in [3.8, 4) is 5.75 Å². The first-order valence-corrected chi connectivity index (χ1v) is 5.32. The Bertz CT molecular complexity index is 456. The van der Waals surface area contributed by atoms with Gasteiger partial charge in [-0.15, -0.1) is 0 Å². The molecule has 1 heterocycles. The second-order valence-electron chi connectivity index (χ2n) is 3.04. The molecule has 4 heteroatoms. The minimum Gasteiger partial charge on any atom is -0.508 e. The third-order valence-electron chi connectivity index (χ3n) is 1.89. The molecule has 3 nitrogen and oxygen atoms in total. The van der Waals surface area contributed by atoms with Gasteiger partial charge in [0.2, 0.25) is 0 Å². The van der Waals surface area contributed by atoms with E-state index in [1.807, 2.05) is 19.1 Å². The lowest BCUT2D eigenvalue weighted by molar-refractivity contribution is 0.475. The van der Waals surface area contributed by atoms with Gasteiger partial charge in [-0.1, -0.05) is 11.8 Å². The number of benzene rings is 1. The van der Waals surface area contributed by atoms with Crippen molar-refractivity contribution >= 4 is 11.8 Å². The van der Waals surface area contributed by atoms with E-state index in [0.29, 0.717) is 0 Å². The Kier molecular flexibility index (Phi) is 2.87. The molecule has 76 valence electrons. The molecule has 0 radical (unpaired) electrons. The molecule has 2 rings (SSSR count). The molecule has 0 fully saturated rings. The quantitative estimate of drug-likeness (QED) is 0.841. The first-order valence-electron chi connectivity index (χ1n) is 4.50. The summed E-state index contributed by atoms with van der Waals surface area (Å²) in [6.45, 7) is 1.93. The average molecular weight is 218 g/mol. The number of phenolic OH excluding ortho intramolecular Hbond substituents is 1. The van der Waals surface area contributed by atoms with Crippen LogP contribution in [-0.2, 0) is 0 Å². The molecule has 1 aromatic carbocycles. The molecule has 0 aliphatic heterocycles. The topological polar surface area (TPSA) is 46.0 Å². The van der Waals surface area contributed by atoms with Crippen molar-refractivity contribution in [1.29, 1.82) is 0 Å². The minimum absolute atomic E-state index is 0.273. The summed E-state index contributed by atoms with van der Waals surface area (Å²) < 4.78 is 0. The lowest BCUT2D eigenvalue weighted by Gasteiger charge is -2.02. The fraction of sp³-hybridized carbons (Fsp3) is 0.0909. The summed E-state index contributed by atoms with van der Waals surface area (Å²) in [6.07, 6.45) is 3.35. The Morgan fingerprint density at radius 3 is 2.40 bits per heavy atom. The zero-order valence-corrected chi connectivity index (χ0v) is 9.03. The van der Waals surface area contributed by atoms with Crippen molar-refractivity contribution < 1.29 is 5.11 Å². The van der Waals surface area contributed by atoms with Crippen LogP contribution in [0.3, 0.4) is 0 Å². The van der Waals surface area contributed by atoms with E-state index >= 15 is 0 Å². The fourth-order valence-electron chi connectivity index (χ4n) is 1.12. The number of rotatable bonds is 2. The highest BCUT2D eigenvalue weighted by molar-refractivity contribution is 7.99. The molecule has 0 unspecified atom stereocenters. The highest BCUT2D eigenvalue weighted by Crippen LogP contribution is 2.28. The van der Waals surface area contributed by atoms with Crippen LogP contribution in [0.1, 0.15) is 5.69 Å². The molecule has 2 aromatic rings. The Balaban J connectivity index is 2.22. The predicted molar refractivity (Wildman–Crippen MR) is 59.0 cm³/mol. The summed E-state index contributed by atoms with van der Waals surface area (Å²) in [6, 6.07) is 7.03. The molecule has 0 atom stereocenters. The van der Waals surface area contributed by atoms with Gasteiger partial charge in [-0.2, -0.15) is 0 Å². The van der Waals surface area contributed by atoms with Crippen LogP contribution >= 0.6 is 11.8 Å². The number of hydrogen-bond acceptors (Lipinski definition) is 4. The molecule has 15 heavy (non-hydrogen) atoms. The van der Waals surface area contributed by atoms with Gasteiger partial charge in [0, 0.05) is 17.3 Å². The van der Waals surface area contributed by atoms with E-state index in [4.69, 9.17) is 5.11 Å². The van der Waals surface area contributed by atoms with Gasteiger partial charge >= 0.3 is 0 Å². The Morgan fingerprint density at radius 1 is 1.07 bits per heavy atom. The van der Waals surface area contributed by atoms with Gasteiger partial charge in [0.05, 0.1) is 5.69 Å². The smallest absolute Gasteiger partial charge is 0.122 e. The second-order valence-corrected chi connectivity index (χ2v) is 4.11. The van der Waals surface area contributed by atoms with Crippen LogP contribution in [0.2, 0.25) is 0 Å². The van der Waals surface area contributed by atoms with Crippen LogP contribution < -0.4 is 0 Å². The summed E-state index contributed by atoms with van der Waals surface area (Å²) in [5.41, 5.74) is 0.913. The first-order chi connectivity index (χ1) is 7.25. The highest BCUT2D eigenvalue weighted by Gasteiger charge is 2.02. The van der Waals surface area contributed by atoms with E-state index < -0.39 is 0 Å². The van der Waals surface area contributed by atoms with E-state index in [0.717, 1.165) is 15.6 Å². The van der Waals surface area contributed by atoms with Gasteiger partial charge < -0.3 is 5.11 Å². The Labute approximate surface area is 92.2 Å². The number of hydrogen-bond donors (Lipinski definition) is 1. The molecule has 0 aliphatic carbocycles. The lowest BCUT2D eigenvalue weighted by atomic mass is 10.3. The summed E-state index contributed by atoms with van der Waals surface area (Å²) in [7, 11) is 0. The van der Waals surface area contributed by atoms with Crippen LogP contribution in [0.5, 0.6) is 5.75 Å². The van der Waals surface area contributed by atoms with Crippen LogP contribution in [0, 0.1) is 6.92 Å². The summed E-state index contributed by atoms with van der Waals surface area (Å²) in [4.78, 5) is 9.43. The van der Waals surface area contributed by atoms with Gasteiger partial charge in [-0.3, -0.25) is 4.98 Å². The maximum absolute atomic E-state index is 9.14. The Hall–Kier alpha value is -1.55. The van der Waals surface area contributed by atoms with E-state index in [2.05, 4.69) is 9.97 Å². The number of aromatic nitrogens is 2. The molecular formula is C11H10N2OS. The summed E-state index contributed by atoms with van der Waals surface area (Å²) in [5, 5.41) is 10.0. The number of nitrogens with zero attached hydrogens (tertiary/aromatic N) is 2. The van der Waals surface area contributed by atoms with Crippen LogP contribution in [0.25, 0.3) is 0 Å². The first kappa shape index (κ1) is 9.98. The van der Waals surface area contributed by atoms with Crippen LogP contribution in [-0.4, -0.2) is 15.1 Å². The maximum Gasteiger partial charge on any atom is 0.122 e. The monoisotopic (exact) mass is 218 g/mol. The minimum atomic E-state index is 0.273. The Morgan fingerprint density at radius 2 is 1.73 bits per heavy atom. The summed E-state index contributed by atoms with van der Waals surface area (Å²) in [5.74, 6) is 0.273. The van der Waals surface area contributed by atoms with Gasteiger partial charge in [0.1, 0.15) is 10.8 Å². The maximum atomic E-state index is 9.14. The van der Waals surface area contributed by atoms with Crippen molar-refractivity contribution in [2.75, 3.05) is 0 Å². The normalized spacial score (nSPS) is 10.2. The van der Waals surface area contributed by atoms with Crippen molar-refractivity contribution in [2.45, 2.75) is 16.8 Å². The highest BCUT2D eigenvalue weighted by atomic mass is 32.2. The zero-order chi connectivity index (χ0) is 10.7. The largest absolute Gasteiger partial charge is 0.508 e. The fourth-order valence-corrected chi connectivity index (χ4v) is 1.93. The number of aryl methyl sites for hydroxylation is 1. The third kappa shape index (κ3) is 2.47. The van der Waals surface area contributed by atoms with E-state index in [1.165, 1.54) is 11.8 Å². The molecule has 1 N–H and O–H groups in total. The third-order valence-corrected chi connectivity index (χ3v) is 2.99. The molecule has 1 aromatic heterocycles. The average Bonchev–Trinajstić information content (AvgIpc) is 2.25. The van der Waals surface area contributed by atoms with Crippen LogP contribution in [0.15, 0.2) is 46.6 Å². The second kappa shape index (κ2) is 4.31. The van der Waals surface area contributed by atoms with Gasteiger partial charge in [-0.05, 0) is 31.2 Å².